The number of amides is 1. The first-order valence-electron chi connectivity index (χ1n) is 6.59. The number of carbonyl (C=O) groups excluding carboxylic acids is 1. The van der Waals surface area contributed by atoms with E-state index in [1.165, 1.54) is 18.2 Å². The number of fused-ring (bicyclic) bond motifs is 1. The highest BCUT2D eigenvalue weighted by Gasteiger charge is 2.43. The number of ether oxygens (including phenoxy) is 2. The Kier molecular flexibility index (Phi) is 4.04. The van der Waals surface area contributed by atoms with Gasteiger partial charge in [0.15, 0.2) is 11.5 Å². The van der Waals surface area contributed by atoms with Crippen molar-refractivity contribution >= 4 is 11.6 Å². The topological polar surface area (TPSA) is 59.6 Å². The molecule has 116 valence electrons. The molecule has 1 heterocycles. The number of rotatable bonds is 4. The van der Waals surface area contributed by atoms with Crippen LogP contribution in [0.3, 0.4) is 0 Å². The van der Waals surface area contributed by atoms with Gasteiger partial charge in [-0.25, -0.2) is 0 Å². The van der Waals surface area contributed by atoms with E-state index in [9.17, 15) is 13.6 Å². The lowest BCUT2D eigenvalue weighted by Gasteiger charge is -2.20. The molecule has 2 N–H and O–H groups in total. The Morgan fingerprint density at radius 2 is 1.90 bits per heavy atom. The first kappa shape index (κ1) is 15.5. The summed E-state index contributed by atoms with van der Waals surface area (Å²) in [5.74, 6) is -0.351. The van der Waals surface area contributed by atoms with Gasteiger partial charge < -0.3 is 20.1 Å². The van der Waals surface area contributed by atoms with Gasteiger partial charge in [0.25, 0.3) is 0 Å². The van der Waals surface area contributed by atoms with Crippen molar-refractivity contribution in [3.05, 3.63) is 18.2 Å². The summed E-state index contributed by atoms with van der Waals surface area (Å²) in [7, 11) is 0. The Bertz CT molecular complexity index is 542. The second-order valence-electron chi connectivity index (χ2n) is 5.80. The zero-order valence-electron chi connectivity index (χ0n) is 12.1. The summed E-state index contributed by atoms with van der Waals surface area (Å²) in [4.78, 5) is 11.8. The molecule has 7 heteroatoms. The summed E-state index contributed by atoms with van der Waals surface area (Å²) in [6.45, 7) is 6.53. The van der Waals surface area contributed by atoms with E-state index in [-0.39, 0.29) is 29.4 Å². The number of hydrogen-bond acceptors (Lipinski definition) is 4. The average Bonchev–Trinajstić information content (AvgIpc) is 2.60. The van der Waals surface area contributed by atoms with Gasteiger partial charge in [-0.15, -0.1) is 8.78 Å². The third kappa shape index (κ3) is 4.56. The number of carbonyl (C=O) groups is 1. The maximum atomic E-state index is 12.9. The van der Waals surface area contributed by atoms with Crippen molar-refractivity contribution in [3.8, 4) is 11.5 Å². The summed E-state index contributed by atoms with van der Waals surface area (Å²) in [6, 6.07) is 4.13. The van der Waals surface area contributed by atoms with Gasteiger partial charge in [-0.3, -0.25) is 4.79 Å². The maximum absolute atomic E-state index is 12.9. The molecular formula is C14H18F2N2O3. The number of nitrogens with one attached hydrogen (secondary N) is 2. The van der Waals surface area contributed by atoms with Gasteiger partial charge in [0.05, 0.1) is 0 Å². The molecule has 1 aromatic rings. The third-order valence-corrected chi connectivity index (χ3v) is 2.69. The fourth-order valence-electron chi connectivity index (χ4n) is 1.80. The minimum atomic E-state index is -3.65. The Balaban J connectivity index is 1.88. The lowest BCUT2D eigenvalue weighted by Crippen LogP contribution is -2.37. The Morgan fingerprint density at radius 1 is 1.24 bits per heavy atom. The fraction of sp³-hybridized carbons (Fsp3) is 0.500. The molecule has 0 saturated carbocycles. The Labute approximate surface area is 121 Å². The SMILES string of the molecule is CC(C)(C)NCCC(=O)Nc1ccc2c(c1)OC(F)(F)O2. The molecule has 0 saturated heterocycles. The van der Waals surface area contributed by atoms with Crippen molar-refractivity contribution in [3.63, 3.8) is 0 Å². The molecule has 21 heavy (non-hydrogen) atoms. The van der Waals surface area contributed by atoms with Crippen LogP contribution in [0.4, 0.5) is 14.5 Å². The highest BCUT2D eigenvalue weighted by Crippen LogP contribution is 2.42. The Hall–Kier alpha value is -1.89. The van der Waals surface area contributed by atoms with Crippen molar-refractivity contribution in [2.24, 2.45) is 0 Å². The molecule has 1 aliphatic heterocycles. The van der Waals surface area contributed by atoms with Gasteiger partial charge in [0.1, 0.15) is 0 Å². The first-order valence-corrected chi connectivity index (χ1v) is 6.59. The van der Waals surface area contributed by atoms with Crippen LogP contribution in [-0.2, 0) is 4.79 Å². The summed E-state index contributed by atoms with van der Waals surface area (Å²) >= 11 is 0. The Morgan fingerprint density at radius 3 is 2.57 bits per heavy atom. The summed E-state index contributed by atoms with van der Waals surface area (Å²) < 4.78 is 34.3. The van der Waals surface area contributed by atoms with Gasteiger partial charge in [-0.2, -0.15) is 0 Å². The summed E-state index contributed by atoms with van der Waals surface area (Å²) in [5, 5.41) is 5.81. The largest absolute Gasteiger partial charge is 0.586 e. The van der Waals surface area contributed by atoms with Crippen LogP contribution >= 0.6 is 0 Å². The number of benzene rings is 1. The van der Waals surface area contributed by atoms with Crippen LogP contribution in [0, 0.1) is 0 Å². The van der Waals surface area contributed by atoms with Gasteiger partial charge in [-0.1, -0.05) is 0 Å². The number of halogens is 2. The zero-order chi connectivity index (χ0) is 15.7. The van der Waals surface area contributed by atoms with Gasteiger partial charge in [0.2, 0.25) is 5.91 Å². The minimum Gasteiger partial charge on any atom is -0.395 e. The summed E-state index contributed by atoms with van der Waals surface area (Å²) in [6.07, 6.45) is -3.37. The highest BCUT2D eigenvalue weighted by molar-refractivity contribution is 5.91. The van der Waals surface area contributed by atoms with Crippen LogP contribution in [-0.4, -0.2) is 24.3 Å². The molecule has 5 nitrogen and oxygen atoms in total. The third-order valence-electron chi connectivity index (χ3n) is 2.69. The highest BCUT2D eigenvalue weighted by atomic mass is 19.3. The lowest BCUT2D eigenvalue weighted by molar-refractivity contribution is -0.286. The summed E-state index contributed by atoms with van der Waals surface area (Å²) in [5.41, 5.74) is 0.320. The van der Waals surface area contributed by atoms with E-state index in [4.69, 9.17) is 0 Å². The van der Waals surface area contributed by atoms with E-state index in [2.05, 4.69) is 20.1 Å². The minimum absolute atomic E-state index is 0.0487. The molecule has 0 radical (unpaired) electrons. The van der Waals surface area contributed by atoms with E-state index in [1.54, 1.807) is 0 Å². The number of alkyl halides is 2. The fourth-order valence-corrected chi connectivity index (χ4v) is 1.80. The van der Waals surface area contributed by atoms with Crippen molar-refractivity contribution in [2.75, 3.05) is 11.9 Å². The molecule has 1 aliphatic rings. The van der Waals surface area contributed by atoms with Crippen molar-refractivity contribution in [2.45, 2.75) is 39.0 Å². The molecular weight excluding hydrogens is 282 g/mol. The molecule has 0 fully saturated rings. The van der Waals surface area contributed by atoms with Crippen LogP contribution in [0.5, 0.6) is 11.5 Å². The second-order valence-corrected chi connectivity index (χ2v) is 5.80. The standard InChI is InChI=1S/C14H18F2N2O3/c1-13(2,3)17-7-6-12(19)18-9-4-5-10-11(8-9)21-14(15,16)20-10/h4-5,8,17H,6-7H2,1-3H3,(H,18,19). The normalized spacial score (nSPS) is 15.9. The molecule has 0 aliphatic carbocycles. The van der Waals surface area contributed by atoms with Crippen LogP contribution in [0.25, 0.3) is 0 Å². The second kappa shape index (κ2) is 5.48. The predicted octanol–water partition coefficient (Wildman–Crippen LogP) is 2.72. The van der Waals surface area contributed by atoms with Crippen LogP contribution in [0.15, 0.2) is 18.2 Å². The molecule has 0 atom stereocenters. The van der Waals surface area contributed by atoms with E-state index in [0.29, 0.717) is 12.2 Å². The van der Waals surface area contributed by atoms with E-state index >= 15 is 0 Å². The van der Waals surface area contributed by atoms with E-state index in [0.717, 1.165) is 0 Å². The van der Waals surface area contributed by atoms with Crippen molar-refractivity contribution in [1.82, 2.24) is 5.32 Å². The lowest BCUT2D eigenvalue weighted by atomic mass is 10.1. The van der Waals surface area contributed by atoms with Crippen LogP contribution < -0.4 is 20.1 Å². The molecule has 1 aromatic carbocycles. The van der Waals surface area contributed by atoms with Crippen molar-refractivity contribution < 1.29 is 23.0 Å². The van der Waals surface area contributed by atoms with E-state index < -0.39 is 6.29 Å². The van der Waals surface area contributed by atoms with E-state index in [1.807, 2.05) is 20.8 Å². The van der Waals surface area contributed by atoms with Gasteiger partial charge in [0, 0.05) is 30.3 Å². The molecule has 0 unspecified atom stereocenters. The van der Waals surface area contributed by atoms with Gasteiger partial charge >= 0.3 is 6.29 Å². The van der Waals surface area contributed by atoms with Crippen molar-refractivity contribution in [1.29, 1.82) is 0 Å². The predicted molar refractivity (Wildman–Crippen MR) is 73.6 cm³/mol. The molecule has 0 bridgehead atoms. The zero-order valence-corrected chi connectivity index (χ0v) is 12.1. The average molecular weight is 300 g/mol. The number of hydrogen-bond donors (Lipinski definition) is 2. The molecule has 0 spiro atoms. The molecule has 1 amide bonds. The maximum Gasteiger partial charge on any atom is 0.586 e. The molecule has 2 rings (SSSR count). The van der Waals surface area contributed by atoms with Gasteiger partial charge in [-0.05, 0) is 32.9 Å². The smallest absolute Gasteiger partial charge is 0.395 e. The van der Waals surface area contributed by atoms with Crippen LogP contribution in [0.1, 0.15) is 27.2 Å². The molecule has 0 aromatic heterocycles. The number of anilines is 1. The van der Waals surface area contributed by atoms with Crippen LogP contribution in [0.2, 0.25) is 0 Å². The first-order chi connectivity index (χ1) is 9.65. The monoisotopic (exact) mass is 300 g/mol. The quantitative estimate of drug-likeness (QED) is 0.897.